The molecule has 0 aliphatic heterocycles. The Labute approximate surface area is 100 Å². The van der Waals surface area contributed by atoms with Crippen molar-refractivity contribution < 1.29 is 23.7 Å². The Hall–Kier alpha value is -1.59. The molecule has 0 atom stereocenters. The van der Waals surface area contributed by atoms with E-state index in [0.717, 1.165) is 0 Å². The molecule has 17 heavy (non-hydrogen) atoms. The fourth-order valence-electron chi connectivity index (χ4n) is 1.18. The second-order valence-corrected chi connectivity index (χ2v) is 3.15. The highest BCUT2D eigenvalue weighted by Gasteiger charge is 2.11. The largest absolute Gasteiger partial charge is 0.467 e. The maximum atomic E-state index is 11.4. The molecule has 94 valence electrons. The molecule has 0 bridgehead atoms. The first-order valence-corrected chi connectivity index (χ1v) is 5.16. The van der Waals surface area contributed by atoms with Crippen molar-refractivity contribution in [2.24, 2.45) is 0 Å². The Morgan fingerprint density at radius 2 is 1.94 bits per heavy atom. The standard InChI is InChI=1S/C12H16O5/c1-14-7-8-16-9-17-11-6-4-3-5-10(11)12(13)15-2/h3-6H,7-9H2,1-2H3. The summed E-state index contributed by atoms with van der Waals surface area (Å²) in [6.07, 6.45) is 0. The summed E-state index contributed by atoms with van der Waals surface area (Å²) >= 11 is 0. The van der Waals surface area contributed by atoms with Gasteiger partial charge in [0.15, 0.2) is 6.79 Å². The Bertz CT molecular complexity index is 351. The molecule has 0 amide bonds. The van der Waals surface area contributed by atoms with Crippen LogP contribution in [0.5, 0.6) is 5.75 Å². The Kier molecular flexibility index (Phi) is 6.06. The van der Waals surface area contributed by atoms with Crippen molar-refractivity contribution in [3.05, 3.63) is 29.8 Å². The Morgan fingerprint density at radius 3 is 2.65 bits per heavy atom. The third-order valence-corrected chi connectivity index (χ3v) is 2.02. The van der Waals surface area contributed by atoms with Crippen molar-refractivity contribution in [2.45, 2.75) is 0 Å². The number of methoxy groups -OCH3 is 2. The van der Waals surface area contributed by atoms with E-state index in [0.29, 0.717) is 24.5 Å². The number of carbonyl (C=O) groups is 1. The van der Waals surface area contributed by atoms with Gasteiger partial charge in [-0.05, 0) is 12.1 Å². The van der Waals surface area contributed by atoms with Gasteiger partial charge in [-0.15, -0.1) is 0 Å². The van der Waals surface area contributed by atoms with Crippen molar-refractivity contribution >= 4 is 5.97 Å². The van der Waals surface area contributed by atoms with E-state index in [1.54, 1.807) is 31.4 Å². The summed E-state index contributed by atoms with van der Waals surface area (Å²) in [5.41, 5.74) is 0.380. The molecule has 0 aliphatic carbocycles. The molecule has 0 aromatic heterocycles. The van der Waals surface area contributed by atoms with Crippen molar-refractivity contribution in [1.29, 1.82) is 0 Å². The van der Waals surface area contributed by atoms with Crippen LogP contribution < -0.4 is 4.74 Å². The highest BCUT2D eigenvalue weighted by Crippen LogP contribution is 2.18. The highest BCUT2D eigenvalue weighted by atomic mass is 16.7. The molecule has 0 spiro atoms. The van der Waals surface area contributed by atoms with Gasteiger partial charge < -0.3 is 18.9 Å². The van der Waals surface area contributed by atoms with Crippen molar-refractivity contribution in [1.82, 2.24) is 0 Å². The molecule has 0 saturated carbocycles. The first kappa shape index (κ1) is 13.5. The lowest BCUT2D eigenvalue weighted by Gasteiger charge is -2.10. The third kappa shape index (κ3) is 4.42. The van der Waals surface area contributed by atoms with Gasteiger partial charge in [-0.1, -0.05) is 12.1 Å². The van der Waals surface area contributed by atoms with E-state index >= 15 is 0 Å². The number of hydrogen-bond donors (Lipinski definition) is 0. The second-order valence-electron chi connectivity index (χ2n) is 3.15. The number of esters is 1. The first-order chi connectivity index (χ1) is 8.29. The van der Waals surface area contributed by atoms with E-state index in [4.69, 9.17) is 14.2 Å². The van der Waals surface area contributed by atoms with Crippen molar-refractivity contribution in [3.63, 3.8) is 0 Å². The van der Waals surface area contributed by atoms with E-state index in [1.165, 1.54) is 7.11 Å². The van der Waals surface area contributed by atoms with Gasteiger partial charge in [0.2, 0.25) is 0 Å². The van der Waals surface area contributed by atoms with Gasteiger partial charge in [0.25, 0.3) is 0 Å². The SMILES string of the molecule is COCCOCOc1ccccc1C(=O)OC. The normalized spacial score (nSPS) is 10.0. The van der Waals surface area contributed by atoms with Crippen LogP contribution in [0.4, 0.5) is 0 Å². The zero-order valence-electron chi connectivity index (χ0n) is 9.97. The van der Waals surface area contributed by atoms with Crippen LogP contribution in [-0.4, -0.2) is 40.2 Å². The quantitative estimate of drug-likeness (QED) is 0.410. The fourth-order valence-corrected chi connectivity index (χ4v) is 1.18. The molecule has 5 nitrogen and oxygen atoms in total. The van der Waals surface area contributed by atoms with Gasteiger partial charge >= 0.3 is 5.97 Å². The summed E-state index contributed by atoms with van der Waals surface area (Å²) in [6, 6.07) is 6.84. The molecule has 1 aromatic rings. The Morgan fingerprint density at radius 1 is 1.18 bits per heavy atom. The zero-order chi connectivity index (χ0) is 12.5. The van der Waals surface area contributed by atoms with Gasteiger partial charge in [-0.2, -0.15) is 0 Å². The summed E-state index contributed by atoms with van der Waals surface area (Å²) in [5.74, 6) is 0.00857. The van der Waals surface area contributed by atoms with Crippen molar-refractivity contribution in [2.75, 3.05) is 34.2 Å². The third-order valence-electron chi connectivity index (χ3n) is 2.02. The highest BCUT2D eigenvalue weighted by molar-refractivity contribution is 5.92. The number of para-hydroxylation sites is 1. The molecule has 1 rings (SSSR count). The molecule has 0 N–H and O–H groups in total. The molecular formula is C12H16O5. The molecule has 0 saturated heterocycles. The number of carbonyl (C=O) groups excluding carboxylic acids is 1. The van der Waals surface area contributed by atoms with Crippen LogP contribution in [0.15, 0.2) is 24.3 Å². The maximum Gasteiger partial charge on any atom is 0.341 e. The fraction of sp³-hybridized carbons (Fsp3) is 0.417. The summed E-state index contributed by atoms with van der Waals surface area (Å²) in [7, 11) is 2.92. The minimum atomic E-state index is -0.433. The number of rotatable bonds is 7. The van der Waals surface area contributed by atoms with E-state index in [9.17, 15) is 4.79 Å². The zero-order valence-corrected chi connectivity index (χ0v) is 9.97. The van der Waals surface area contributed by atoms with Crippen LogP contribution in [0.3, 0.4) is 0 Å². The van der Waals surface area contributed by atoms with E-state index in [-0.39, 0.29) is 6.79 Å². The topological polar surface area (TPSA) is 54.0 Å². The predicted octanol–water partition coefficient (Wildman–Crippen LogP) is 1.47. The van der Waals surface area contributed by atoms with Crippen LogP contribution in [-0.2, 0) is 14.2 Å². The van der Waals surface area contributed by atoms with E-state index in [1.807, 2.05) is 0 Å². The van der Waals surface area contributed by atoms with Gasteiger partial charge in [-0.25, -0.2) is 4.79 Å². The summed E-state index contributed by atoms with van der Waals surface area (Å²) in [5, 5.41) is 0. The maximum absolute atomic E-state index is 11.4. The summed E-state index contributed by atoms with van der Waals surface area (Å²) in [4.78, 5) is 11.4. The van der Waals surface area contributed by atoms with E-state index in [2.05, 4.69) is 4.74 Å². The van der Waals surface area contributed by atoms with Crippen LogP contribution >= 0.6 is 0 Å². The van der Waals surface area contributed by atoms with Gasteiger partial charge in [0.05, 0.1) is 20.3 Å². The lowest BCUT2D eigenvalue weighted by molar-refractivity contribution is -0.00906. The van der Waals surface area contributed by atoms with Crippen LogP contribution in [0.25, 0.3) is 0 Å². The van der Waals surface area contributed by atoms with Crippen LogP contribution in [0, 0.1) is 0 Å². The average Bonchev–Trinajstić information content (AvgIpc) is 2.38. The second kappa shape index (κ2) is 7.65. The molecule has 1 aromatic carbocycles. The summed E-state index contributed by atoms with van der Waals surface area (Å²) in [6.45, 7) is 1.01. The number of ether oxygens (including phenoxy) is 4. The van der Waals surface area contributed by atoms with Crippen LogP contribution in [0.1, 0.15) is 10.4 Å². The molecule has 0 radical (unpaired) electrons. The molecule has 0 aliphatic rings. The monoisotopic (exact) mass is 240 g/mol. The smallest absolute Gasteiger partial charge is 0.341 e. The minimum absolute atomic E-state index is 0.0668. The molecule has 0 fully saturated rings. The molecular weight excluding hydrogens is 224 g/mol. The molecule has 0 unspecified atom stereocenters. The van der Waals surface area contributed by atoms with E-state index < -0.39 is 5.97 Å². The lowest BCUT2D eigenvalue weighted by Crippen LogP contribution is -2.10. The van der Waals surface area contributed by atoms with Crippen LogP contribution in [0.2, 0.25) is 0 Å². The van der Waals surface area contributed by atoms with Crippen molar-refractivity contribution in [3.8, 4) is 5.75 Å². The minimum Gasteiger partial charge on any atom is -0.467 e. The number of hydrogen-bond acceptors (Lipinski definition) is 5. The van der Waals surface area contributed by atoms with Gasteiger partial charge in [0.1, 0.15) is 11.3 Å². The first-order valence-electron chi connectivity index (χ1n) is 5.16. The average molecular weight is 240 g/mol. The Balaban J connectivity index is 2.49. The predicted molar refractivity (Wildman–Crippen MR) is 61.1 cm³/mol. The summed E-state index contributed by atoms with van der Waals surface area (Å²) < 4.78 is 19.9. The lowest BCUT2D eigenvalue weighted by atomic mass is 10.2. The van der Waals surface area contributed by atoms with Gasteiger partial charge in [-0.3, -0.25) is 0 Å². The molecule has 5 heteroatoms. The number of benzene rings is 1. The molecule has 0 heterocycles. The van der Waals surface area contributed by atoms with Gasteiger partial charge in [0, 0.05) is 7.11 Å².